The van der Waals surface area contributed by atoms with Crippen molar-refractivity contribution in [2.45, 2.75) is 19.3 Å². The molecule has 0 aliphatic carbocycles. The van der Waals surface area contributed by atoms with Crippen molar-refractivity contribution in [3.8, 4) is 22.6 Å². The van der Waals surface area contributed by atoms with Crippen LogP contribution in [0.3, 0.4) is 0 Å². The molecule has 0 fully saturated rings. The van der Waals surface area contributed by atoms with E-state index in [0.29, 0.717) is 24.0 Å². The first-order chi connectivity index (χ1) is 13.5. The summed E-state index contributed by atoms with van der Waals surface area (Å²) in [5.74, 6) is -0.566. The van der Waals surface area contributed by atoms with E-state index < -0.39 is 5.97 Å². The van der Waals surface area contributed by atoms with Gasteiger partial charge in [0.25, 0.3) is 0 Å². The Hall–Kier alpha value is -3.53. The minimum atomic E-state index is -0.792. The van der Waals surface area contributed by atoms with Crippen molar-refractivity contribution in [3.63, 3.8) is 0 Å². The molecule has 0 aliphatic heterocycles. The number of phenols is 2. The zero-order valence-corrected chi connectivity index (χ0v) is 15.2. The molecule has 0 aromatic heterocycles. The Kier molecular flexibility index (Phi) is 4.62. The summed E-state index contributed by atoms with van der Waals surface area (Å²) in [4.78, 5) is 10.7. The topological polar surface area (TPSA) is 77.8 Å². The number of carboxylic acid groups (broad SMARTS) is 1. The Morgan fingerprint density at radius 3 is 2.11 bits per heavy atom. The van der Waals surface area contributed by atoms with Crippen LogP contribution in [0.2, 0.25) is 0 Å². The molecule has 0 heterocycles. The number of hydrogen-bond donors (Lipinski definition) is 3. The van der Waals surface area contributed by atoms with Crippen molar-refractivity contribution >= 4 is 27.5 Å². The summed E-state index contributed by atoms with van der Waals surface area (Å²) in [7, 11) is 0. The first kappa shape index (κ1) is 17.9. The lowest BCUT2D eigenvalue weighted by Gasteiger charge is -2.14. The van der Waals surface area contributed by atoms with Crippen LogP contribution in [0.25, 0.3) is 32.7 Å². The normalized spacial score (nSPS) is 11.1. The van der Waals surface area contributed by atoms with Gasteiger partial charge in [-0.3, -0.25) is 4.79 Å². The van der Waals surface area contributed by atoms with E-state index in [1.165, 1.54) is 0 Å². The van der Waals surface area contributed by atoms with Crippen molar-refractivity contribution in [1.29, 1.82) is 0 Å². The highest BCUT2D eigenvalue weighted by atomic mass is 16.4. The van der Waals surface area contributed by atoms with Gasteiger partial charge >= 0.3 is 5.97 Å². The average molecular weight is 372 g/mol. The third-order valence-electron chi connectivity index (χ3n) is 5.08. The van der Waals surface area contributed by atoms with Crippen LogP contribution in [-0.4, -0.2) is 21.3 Å². The molecule has 0 bridgehead atoms. The maximum absolute atomic E-state index is 10.7. The van der Waals surface area contributed by atoms with E-state index >= 15 is 0 Å². The van der Waals surface area contributed by atoms with Crippen LogP contribution < -0.4 is 0 Å². The van der Waals surface area contributed by atoms with Crippen LogP contribution in [0.15, 0.2) is 66.7 Å². The molecule has 0 atom stereocenters. The fourth-order valence-corrected chi connectivity index (χ4v) is 3.75. The Labute approximate surface area is 162 Å². The van der Waals surface area contributed by atoms with Gasteiger partial charge in [0.2, 0.25) is 0 Å². The summed E-state index contributed by atoms with van der Waals surface area (Å²) >= 11 is 0. The summed E-state index contributed by atoms with van der Waals surface area (Å²) in [6.07, 6.45) is 1.40. The maximum atomic E-state index is 10.7. The number of aliphatic carboxylic acids is 1. The minimum Gasteiger partial charge on any atom is -0.507 e. The predicted octanol–water partition coefficient (Wildman–Crippen LogP) is 5.48. The van der Waals surface area contributed by atoms with Crippen molar-refractivity contribution in [3.05, 3.63) is 72.3 Å². The smallest absolute Gasteiger partial charge is 0.303 e. The number of carbonyl (C=O) groups is 1. The molecule has 0 aliphatic rings. The molecule has 0 amide bonds. The van der Waals surface area contributed by atoms with Gasteiger partial charge in [0.05, 0.1) is 0 Å². The molecular formula is C24H20O4. The highest BCUT2D eigenvalue weighted by Gasteiger charge is 2.16. The Morgan fingerprint density at radius 1 is 0.750 bits per heavy atom. The summed E-state index contributed by atoms with van der Waals surface area (Å²) in [6.45, 7) is 0. The van der Waals surface area contributed by atoms with Gasteiger partial charge in [0.15, 0.2) is 0 Å². The van der Waals surface area contributed by atoms with E-state index in [0.717, 1.165) is 27.1 Å². The second kappa shape index (κ2) is 7.24. The van der Waals surface area contributed by atoms with Gasteiger partial charge in [-0.25, -0.2) is 0 Å². The minimum absolute atomic E-state index is 0.109. The van der Waals surface area contributed by atoms with E-state index in [-0.39, 0.29) is 17.9 Å². The third kappa shape index (κ3) is 3.25. The molecule has 0 radical (unpaired) electrons. The number of fused-ring (bicyclic) bond motifs is 2. The number of aromatic hydroxyl groups is 2. The predicted molar refractivity (Wildman–Crippen MR) is 111 cm³/mol. The van der Waals surface area contributed by atoms with Gasteiger partial charge in [-0.15, -0.1) is 0 Å². The second-order valence-corrected chi connectivity index (χ2v) is 6.94. The zero-order valence-electron chi connectivity index (χ0n) is 15.2. The number of hydrogen-bond acceptors (Lipinski definition) is 3. The lowest BCUT2D eigenvalue weighted by Crippen LogP contribution is -1.96. The van der Waals surface area contributed by atoms with E-state index in [2.05, 4.69) is 0 Å². The molecule has 0 unspecified atom stereocenters. The maximum Gasteiger partial charge on any atom is 0.303 e. The van der Waals surface area contributed by atoms with Gasteiger partial charge in [0.1, 0.15) is 11.5 Å². The largest absolute Gasteiger partial charge is 0.507 e. The van der Waals surface area contributed by atoms with Crippen LogP contribution >= 0.6 is 0 Å². The number of carboxylic acids is 1. The molecule has 140 valence electrons. The number of benzene rings is 4. The van der Waals surface area contributed by atoms with Gasteiger partial charge < -0.3 is 15.3 Å². The van der Waals surface area contributed by atoms with Gasteiger partial charge in [0, 0.05) is 17.5 Å². The Bertz CT molecular complexity index is 1190. The van der Waals surface area contributed by atoms with Crippen molar-refractivity contribution in [2.75, 3.05) is 0 Å². The Morgan fingerprint density at radius 2 is 1.39 bits per heavy atom. The number of rotatable bonds is 5. The van der Waals surface area contributed by atoms with Crippen LogP contribution in [-0.2, 0) is 11.2 Å². The fraction of sp³-hybridized carbons (Fsp3) is 0.125. The summed E-state index contributed by atoms with van der Waals surface area (Å²) < 4.78 is 0. The quantitative estimate of drug-likeness (QED) is 0.433. The molecule has 4 aromatic carbocycles. The molecular weight excluding hydrogens is 352 g/mol. The molecule has 28 heavy (non-hydrogen) atoms. The van der Waals surface area contributed by atoms with Gasteiger partial charge in [-0.1, -0.05) is 54.6 Å². The second-order valence-electron chi connectivity index (χ2n) is 6.94. The summed E-state index contributed by atoms with van der Waals surface area (Å²) in [5, 5.41) is 33.7. The van der Waals surface area contributed by atoms with Gasteiger partial charge in [-0.05, 0) is 52.1 Å². The first-order valence-corrected chi connectivity index (χ1v) is 9.22. The summed E-state index contributed by atoms with van der Waals surface area (Å²) in [5.41, 5.74) is 2.26. The van der Waals surface area contributed by atoms with Crippen molar-refractivity contribution < 1.29 is 20.1 Å². The standard InChI is InChI=1S/C24H20O4/c25-20-12-9-16-5-1-2-6-18(16)23(20)24-19-11-8-15(4-3-7-22(27)28)14-17(19)10-13-21(24)26/h1-2,5-6,8-14,25-26H,3-4,7H2,(H,27,28). The molecule has 0 saturated heterocycles. The number of aryl methyl sites for hydroxylation is 1. The van der Waals surface area contributed by atoms with E-state index in [1.807, 2.05) is 54.6 Å². The third-order valence-corrected chi connectivity index (χ3v) is 5.08. The molecule has 4 nitrogen and oxygen atoms in total. The molecule has 4 rings (SSSR count). The molecule has 3 N–H and O–H groups in total. The van der Waals surface area contributed by atoms with Crippen LogP contribution in [0, 0.1) is 0 Å². The summed E-state index contributed by atoms with van der Waals surface area (Å²) in [6, 6.07) is 20.6. The zero-order chi connectivity index (χ0) is 19.7. The average Bonchev–Trinajstić information content (AvgIpc) is 2.68. The van der Waals surface area contributed by atoms with E-state index in [1.54, 1.807) is 12.1 Å². The lowest BCUT2D eigenvalue weighted by atomic mass is 9.91. The van der Waals surface area contributed by atoms with Crippen LogP contribution in [0.1, 0.15) is 18.4 Å². The molecule has 4 heteroatoms. The highest BCUT2D eigenvalue weighted by Crippen LogP contribution is 2.44. The van der Waals surface area contributed by atoms with Crippen molar-refractivity contribution in [1.82, 2.24) is 0 Å². The molecule has 0 spiro atoms. The molecule has 4 aromatic rings. The van der Waals surface area contributed by atoms with Gasteiger partial charge in [-0.2, -0.15) is 0 Å². The SMILES string of the molecule is O=C(O)CCCc1ccc2c(-c3c(O)ccc4ccccc34)c(O)ccc2c1. The Balaban J connectivity index is 1.87. The number of phenolic OH excluding ortho intramolecular Hbond substituents is 2. The van der Waals surface area contributed by atoms with Crippen LogP contribution in [0.5, 0.6) is 11.5 Å². The first-order valence-electron chi connectivity index (χ1n) is 9.22. The van der Waals surface area contributed by atoms with Crippen LogP contribution in [0.4, 0.5) is 0 Å². The van der Waals surface area contributed by atoms with E-state index in [9.17, 15) is 15.0 Å². The lowest BCUT2D eigenvalue weighted by molar-refractivity contribution is -0.137. The fourth-order valence-electron chi connectivity index (χ4n) is 3.75. The monoisotopic (exact) mass is 372 g/mol. The molecule has 0 saturated carbocycles. The van der Waals surface area contributed by atoms with E-state index in [4.69, 9.17) is 5.11 Å². The van der Waals surface area contributed by atoms with Crippen molar-refractivity contribution in [2.24, 2.45) is 0 Å². The highest BCUT2D eigenvalue weighted by molar-refractivity contribution is 6.09.